The van der Waals surface area contributed by atoms with E-state index in [4.69, 9.17) is 16.0 Å². The number of nitrogens with zero attached hydrogens (tertiary/aromatic N) is 1. The largest absolute Gasteiger partial charge is 0.465 e. The van der Waals surface area contributed by atoms with E-state index in [0.717, 1.165) is 16.9 Å². The summed E-state index contributed by atoms with van der Waals surface area (Å²) in [5.41, 5.74) is 1.30. The number of esters is 1. The Morgan fingerprint density at radius 2 is 1.92 bits per heavy atom. The van der Waals surface area contributed by atoms with Gasteiger partial charge in [-0.2, -0.15) is 0 Å². The van der Waals surface area contributed by atoms with Crippen molar-refractivity contribution in [3.05, 3.63) is 57.8 Å². The lowest BCUT2D eigenvalue weighted by molar-refractivity contribution is 0.0605. The lowest BCUT2D eigenvalue weighted by atomic mass is 10.2. The van der Waals surface area contributed by atoms with Gasteiger partial charge in [-0.1, -0.05) is 22.9 Å². The van der Waals surface area contributed by atoms with Crippen LogP contribution in [-0.4, -0.2) is 24.0 Å². The molecule has 0 aliphatic heterocycles. The molecule has 8 heteroatoms. The van der Waals surface area contributed by atoms with Crippen LogP contribution in [-0.2, 0) is 4.74 Å². The summed E-state index contributed by atoms with van der Waals surface area (Å²) >= 11 is 6.91. The molecule has 0 saturated carbocycles. The maximum absolute atomic E-state index is 12.3. The first kappa shape index (κ1) is 17.2. The highest BCUT2D eigenvalue weighted by molar-refractivity contribution is 7.17. The van der Waals surface area contributed by atoms with Crippen molar-refractivity contribution in [2.24, 2.45) is 0 Å². The highest BCUT2D eigenvalue weighted by atomic mass is 35.5. The Bertz CT molecular complexity index is 931. The quantitative estimate of drug-likeness (QED) is 0.682. The molecule has 1 amide bonds. The third-order valence-corrected chi connectivity index (χ3v) is 4.65. The molecule has 1 aromatic carbocycles. The topological polar surface area (TPSA) is 81.4 Å². The summed E-state index contributed by atoms with van der Waals surface area (Å²) in [5.74, 6) is -0.256. The minimum Gasteiger partial charge on any atom is -0.465 e. The van der Waals surface area contributed by atoms with Gasteiger partial charge in [-0.15, -0.1) is 0 Å². The van der Waals surface area contributed by atoms with E-state index in [1.54, 1.807) is 43.3 Å². The van der Waals surface area contributed by atoms with Crippen molar-refractivity contribution in [3.8, 4) is 11.3 Å². The summed E-state index contributed by atoms with van der Waals surface area (Å²) in [6, 6.07) is 10.4. The van der Waals surface area contributed by atoms with Gasteiger partial charge < -0.3 is 9.15 Å². The molecular formula is C17H13ClN2O4S. The van der Waals surface area contributed by atoms with Gasteiger partial charge >= 0.3 is 5.97 Å². The molecule has 3 rings (SSSR count). The average molecular weight is 377 g/mol. The second-order valence-corrected chi connectivity index (χ2v) is 6.49. The molecule has 6 nitrogen and oxygen atoms in total. The second-order valence-electron chi connectivity index (χ2n) is 5.05. The number of nitrogens with one attached hydrogen (secondary N) is 1. The number of methoxy groups -OCH3 is 1. The Hall–Kier alpha value is -2.64. The van der Waals surface area contributed by atoms with Crippen LogP contribution >= 0.6 is 22.9 Å². The second kappa shape index (κ2) is 7.08. The Balaban J connectivity index is 1.76. The molecule has 1 N–H and O–H groups in total. The number of ether oxygens (including phenoxy) is 1. The van der Waals surface area contributed by atoms with Crippen molar-refractivity contribution in [2.45, 2.75) is 6.92 Å². The fourth-order valence-electron chi connectivity index (χ4n) is 2.12. The number of halogens is 1. The van der Waals surface area contributed by atoms with Gasteiger partial charge in [0.25, 0.3) is 5.91 Å². The van der Waals surface area contributed by atoms with Crippen LogP contribution in [0.2, 0.25) is 5.02 Å². The summed E-state index contributed by atoms with van der Waals surface area (Å²) < 4.78 is 10.3. The molecule has 25 heavy (non-hydrogen) atoms. The number of amides is 1. The molecule has 0 atom stereocenters. The van der Waals surface area contributed by atoms with Crippen LogP contribution in [0.5, 0.6) is 0 Å². The third kappa shape index (κ3) is 3.72. The molecule has 0 aliphatic rings. The smallest absolute Gasteiger partial charge is 0.350 e. The molecular weight excluding hydrogens is 364 g/mol. The molecule has 3 aromatic rings. The summed E-state index contributed by atoms with van der Waals surface area (Å²) in [7, 11) is 1.29. The van der Waals surface area contributed by atoms with E-state index in [2.05, 4.69) is 15.0 Å². The van der Waals surface area contributed by atoms with Crippen LogP contribution in [0.3, 0.4) is 0 Å². The molecule has 128 valence electrons. The van der Waals surface area contributed by atoms with Crippen molar-refractivity contribution in [1.29, 1.82) is 0 Å². The number of aromatic nitrogens is 1. The Morgan fingerprint density at radius 3 is 2.60 bits per heavy atom. The summed E-state index contributed by atoms with van der Waals surface area (Å²) in [5, 5.41) is 3.54. The number of thiazole rings is 1. The van der Waals surface area contributed by atoms with Gasteiger partial charge in [0.1, 0.15) is 10.6 Å². The zero-order chi connectivity index (χ0) is 18.0. The Kier molecular flexibility index (Phi) is 4.87. The Labute approximate surface area is 152 Å². The zero-order valence-electron chi connectivity index (χ0n) is 13.3. The number of carbonyl (C=O) groups excluding carboxylic acids is 2. The van der Waals surface area contributed by atoms with Crippen molar-refractivity contribution in [1.82, 2.24) is 4.98 Å². The minimum absolute atomic E-state index is 0.137. The third-order valence-electron chi connectivity index (χ3n) is 3.35. The summed E-state index contributed by atoms with van der Waals surface area (Å²) in [4.78, 5) is 28.4. The van der Waals surface area contributed by atoms with E-state index in [1.807, 2.05) is 0 Å². The SMILES string of the molecule is COC(=O)c1sc(NC(=O)c2ccc(-c3ccc(Cl)cc3)o2)nc1C. The number of carbonyl (C=O) groups is 2. The fraction of sp³-hybridized carbons (Fsp3) is 0.118. The van der Waals surface area contributed by atoms with Gasteiger partial charge in [0, 0.05) is 10.6 Å². The fourth-order valence-corrected chi connectivity index (χ4v) is 3.13. The van der Waals surface area contributed by atoms with E-state index in [-0.39, 0.29) is 5.76 Å². The van der Waals surface area contributed by atoms with Crippen LogP contribution in [0, 0.1) is 6.92 Å². The number of hydrogen-bond donors (Lipinski definition) is 1. The molecule has 0 saturated heterocycles. The highest BCUT2D eigenvalue weighted by Crippen LogP contribution is 2.26. The standard InChI is InChI=1S/C17H13ClN2O4S/c1-9-14(16(22)23-2)25-17(19-9)20-15(21)13-8-7-12(24-13)10-3-5-11(18)6-4-10/h3-8H,1-2H3,(H,19,20,21). The van der Waals surface area contributed by atoms with Crippen molar-refractivity contribution >= 4 is 39.9 Å². The van der Waals surface area contributed by atoms with Gasteiger partial charge in [0.05, 0.1) is 12.8 Å². The van der Waals surface area contributed by atoms with E-state index >= 15 is 0 Å². The van der Waals surface area contributed by atoms with Gasteiger partial charge in [-0.05, 0) is 43.3 Å². The van der Waals surface area contributed by atoms with Gasteiger partial charge in [0.15, 0.2) is 10.9 Å². The summed E-state index contributed by atoms with van der Waals surface area (Å²) in [6.45, 7) is 1.67. The molecule has 0 unspecified atom stereocenters. The predicted molar refractivity (Wildman–Crippen MR) is 95.3 cm³/mol. The molecule has 0 bridgehead atoms. The van der Waals surface area contributed by atoms with Crippen LogP contribution in [0.15, 0.2) is 40.8 Å². The summed E-state index contributed by atoms with van der Waals surface area (Å²) in [6.07, 6.45) is 0. The molecule has 0 fully saturated rings. The first-order valence-corrected chi connectivity index (χ1v) is 8.40. The molecule has 2 heterocycles. The molecule has 0 aliphatic carbocycles. The number of rotatable bonds is 4. The first-order chi connectivity index (χ1) is 12.0. The van der Waals surface area contributed by atoms with Gasteiger partial charge in [0.2, 0.25) is 0 Å². The van der Waals surface area contributed by atoms with Gasteiger partial charge in [-0.3, -0.25) is 10.1 Å². The molecule has 0 radical (unpaired) electrons. The predicted octanol–water partition coefficient (Wildman–Crippen LogP) is 4.40. The van der Waals surface area contributed by atoms with Crippen LogP contribution in [0.4, 0.5) is 5.13 Å². The van der Waals surface area contributed by atoms with Crippen molar-refractivity contribution in [3.63, 3.8) is 0 Å². The highest BCUT2D eigenvalue weighted by Gasteiger charge is 2.19. The molecule has 2 aromatic heterocycles. The maximum Gasteiger partial charge on any atom is 0.350 e. The van der Waals surface area contributed by atoms with E-state index in [9.17, 15) is 9.59 Å². The van der Waals surface area contributed by atoms with Crippen LogP contribution in [0.25, 0.3) is 11.3 Å². The molecule has 0 spiro atoms. The zero-order valence-corrected chi connectivity index (χ0v) is 14.9. The van der Waals surface area contributed by atoms with Crippen LogP contribution in [0.1, 0.15) is 25.9 Å². The number of hydrogen-bond acceptors (Lipinski definition) is 6. The number of benzene rings is 1. The number of anilines is 1. The van der Waals surface area contributed by atoms with E-state index in [1.165, 1.54) is 7.11 Å². The van der Waals surface area contributed by atoms with Crippen LogP contribution < -0.4 is 5.32 Å². The van der Waals surface area contributed by atoms with Crippen molar-refractivity contribution in [2.75, 3.05) is 12.4 Å². The van der Waals surface area contributed by atoms with Gasteiger partial charge in [-0.25, -0.2) is 9.78 Å². The van der Waals surface area contributed by atoms with E-state index in [0.29, 0.717) is 26.5 Å². The monoisotopic (exact) mass is 376 g/mol. The minimum atomic E-state index is -0.487. The lowest BCUT2D eigenvalue weighted by Crippen LogP contribution is -2.10. The number of aryl methyl sites for hydroxylation is 1. The average Bonchev–Trinajstić information content (AvgIpc) is 3.22. The van der Waals surface area contributed by atoms with Crippen molar-refractivity contribution < 1.29 is 18.7 Å². The Morgan fingerprint density at radius 1 is 1.20 bits per heavy atom. The van der Waals surface area contributed by atoms with E-state index < -0.39 is 11.9 Å². The first-order valence-electron chi connectivity index (χ1n) is 7.21. The normalized spacial score (nSPS) is 10.5. The number of furan rings is 1. The lowest BCUT2D eigenvalue weighted by Gasteiger charge is -1.99. The maximum atomic E-state index is 12.3.